The molecule has 0 unspecified atom stereocenters. The van der Waals surface area contributed by atoms with Crippen LogP contribution in [-0.2, 0) is 19.4 Å². The molecule has 1 aromatic carbocycles. The Hall–Kier alpha value is -1.80. The number of rotatable bonds is 7. The van der Waals surface area contributed by atoms with E-state index in [-0.39, 0.29) is 17.3 Å². The molecule has 0 saturated heterocycles. The van der Waals surface area contributed by atoms with Crippen LogP contribution in [0.1, 0.15) is 0 Å². The van der Waals surface area contributed by atoms with Crippen molar-refractivity contribution in [3.05, 3.63) is 18.2 Å². The predicted octanol–water partition coefficient (Wildman–Crippen LogP) is -0.129. The topological polar surface area (TPSA) is 102 Å². The van der Waals surface area contributed by atoms with Crippen molar-refractivity contribution in [2.75, 3.05) is 50.7 Å². The van der Waals surface area contributed by atoms with Gasteiger partial charge in [0.2, 0.25) is 5.91 Å². The Balaban J connectivity index is 2.75. The largest absolute Gasteiger partial charge is 0.397 e. The van der Waals surface area contributed by atoms with Gasteiger partial charge in [-0.1, -0.05) is 0 Å². The van der Waals surface area contributed by atoms with Gasteiger partial charge in [0.25, 0.3) is 0 Å². The van der Waals surface area contributed by atoms with E-state index in [0.29, 0.717) is 24.5 Å². The summed E-state index contributed by atoms with van der Waals surface area (Å²) in [6.07, 6.45) is 1.12. The highest BCUT2D eigenvalue weighted by Crippen LogP contribution is 2.25. The summed E-state index contributed by atoms with van der Waals surface area (Å²) in [4.78, 5) is 13.5. The monoisotopic (exact) mass is 315 g/mol. The first-order chi connectivity index (χ1) is 9.75. The smallest absolute Gasteiger partial charge is 0.239 e. The average molecular weight is 315 g/mol. The number of nitrogen functional groups attached to an aromatic ring is 1. The van der Waals surface area contributed by atoms with E-state index in [1.54, 1.807) is 25.1 Å². The molecule has 0 aliphatic heterocycles. The average Bonchev–Trinajstić information content (AvgIpc) is 2.37. The van der Waals surface area contributed by atoms with Crippen LogP contribution in [0.3, 0.4) is 0 Å². The zero-order valence-corrected chi connectivity index (χ0v) is 13.2. The summed E-state index contributed by atoms with van der Waals surface area (Å²) in [5, 5.41) is 2.70. The molecule has 0 heterocycles. The zero-order valence-electron chi connectivity index (χ0n) is 12.4. The van der Waals surface area contributed by atoms with Crippen LogP contribution in [0.4, 0.5) is 11.4 Å². The van der Waals surface area contributed by atoms with Crippen molar-refractivity contribution in [2.24, 2.45) is 0 Å². The Kier molecular flexibility index (Phi) is 5.98. The summed E-state index contributed by atoms with van der Waals surface area (Å²) in [6.45, 7) is 0.998. The van der Waals surface area contributed by atoms with Crippen molar-refractivity contribution in [3.63, 3.8) is 0 Å². The summed E-state index contributed by atoms with van der Waals surface area (Å²) in [5.41, 5.74) is 6.77. The number of benzene rings is 1. The Morgan fingerprint density at radius 3 is 2.62 bits per heavy atom. The Morgan fingerprint density at radius 1 is 1.43 bits per heavy atom. The van der Waals surface area contributed by atoms with Gasteiger partial charge < -0.3 is 20.7 Å². The molecule has 0 fully saturated rings. The standard InChI is InChI=1S/C13H21N3O4S/c1-16(9-13(17)15-6-7-20-2)12-5-4-10(8-11(12)14)21(3,18)19/h4-5,8H,6-7,9,14H2,1-3H3,(H,15,17). The Bertz CT molecular complexity index is 601. The molecule has 0 aliphatic rings. The first-order valence-corrected chi connectivity index (χ1v) is 8.21. The second-order valence-corrected chi connectivity index (χ2v) is 6.71. The van der Waals surface area contributed by atoms with Crippen LogP contribution < -0.4 is 16.0 Å². The molecule has 0 spiro atoms. The van der Waals surface area contributed by atoms with Crippen LogP contribution in [0.15, 0.2) is 23.1 Å². The molecular weight excluding hydrogens is 294 g/mol. The molecule has 1 rings (SSSR count). The Morgan fingerprint density at radius 2 is 2.10 bits per heavy atom. The van der Waals surface area contributed by atoms with Gasteiger partial charge in [0.15, 0.2) is 9.84 Å². The fourth-order valence-corrected chi connectivity index (χ4v) is 2.42. The van der Waals surface area contributed by atoms with Gasteiger partial charge in [0.1, 0.15) is 0 Å². The number of amides is 1. The van der Waals surface area contributed by atoms with E-state index in [0.717, 1.165) is 6.26 Å². The quantitative estimate of drug-likeness (QED) is 0.537. The maximum absolute atomic E-state index is 11.7. The van der Waals surface area contributed by atoms with Crippen molar-refractivity contribution >= 4 is 27.1 Å². The van der Waals surface area contributed by atoms with Crippen molar-refractivity contribution < 1.29 is 17.9 Å². The van der Waals surface area contributed by atoms with Crippen LogP contribution >= 0.6 is 0 Å². The molecule has 0 radical (unpaired) electrons. The molecule has 21 heavy (non-hydrogen) atoms. The van der Waals surface area contributed by atoms with Crippen LogP contribution in [0, 0.1) is 0 Å². The number of methoxy groups -OCH3 is 1. The van der Waals surface area contributed by atoms with E-state index in [9.17, 15) is 13.2 Å². The number of sulfone groups is 1. The number of likely N-dealkylation sites (N-methyl/N-ethyl adjacent to an activating group) is 1. The lowest BCUT2D eigenvalue weighted by Gasteiger charge is -2.21. The highest BCUT2D eigenvalue weighted by molar-refractivity contribution is 7.90. The van der Waals surface area contributed by atoms with Gasteiger partial charge in [-0.15, -0.1) is 0 Å². The number of ether oxygens (including phenoxy) is 1. The number of anilines is 2. The van der Waals surface area contributed by atoms with E-state index in [1.807, 2.05) is 0 Å². The molecule has 0 aliphatic carbocycles. The molecule has 0 bridgehead atoms. The van der Waals surface area contributed by atoms with E-state index in [1.165, 1.54) is 12.1 Å². The van der Waals surface area contributed by atoms with Crippen molar-refractivity contribution in [2.45, 2.75) is 4.90 Å². The molecule has 1 amide bonds. The van der Waals surface area contributed by atoms with E-state index in [4.69, 9.17) is 10.5 Å². The van der Waals surface area contributed by atoms with Gasteiger partial charge in [-0.25, -0.2) is 8.42 Å². The van der Waals surface area contributed by atoms with Gasteiger partial charge in [-0.3, -0.25) is 4.79 Å². The van der Waals surface area contributed by atoms with Crippen LogP contribution in [0.5, 0.6) is 0 Å². The SMILES string of the molecule is COCCNC(=O)CN(C)c1ccc(S(C)(=O)=O)cc1N. The number of hydrogen-bond donors (Lipinski definition) is 2. The second kappa shape index (κ2) is 7.28. The van der Waals surface area contributed by atoms with Gasteiger partial charge in [0, 0.05) is 27.0 Å². The number of nitrogens with zero attached hydrogens (tertiary/aromatic N) is 1. The van der Waals surface area contributed by atoms with E-state index >= 15 is 0 Å². The van der Waals surface area contributed by atoms with E-state index in [2.05, 4.69) is 5.32 Å². The third kappa shape index (κ3) is 5.24. The highest BCUT2D eigenvalue weighted by Gasteiger charge is 2.13. The number of carbonyl (C=O) groups excluding carboxylic acids is 1. The third-order valence-corrected chi connectivity index (χ3v) is 3.96. The summed E-state index contributed by atoms with van der Waals surface area (Å²) in [6, 6.07) is 4.46. The highest BCUT2D eigenvalue weighted by atomic mass is 32.2. The van der Waals surface area contributed by atoms with Crippen LogP contribution in [0.2, 0.25) is 0 Å². The molecule has 118 valence electrons. The minimum Gasteiger partial charge on any atom is -0.397 e. The Labute approximate surface area is 125 Å². The summed E-state index contributed by atoms with van der Waals surface area (Å²) >= 11 is 0. The van der Waals surface area contributed by atoms with Crippen molar-refractivity contribution in [1.29, 1.82) is 0 Å². The van der Waals surface area contributed by atoms with Crippen LogP contribution in [0.25, 0.3) is 0 Å². The van der Waals surface area contributed by atoms with Gasteiger partial charge in [-0.05, 0) is 18.2 Å². The first-order valence-electron chi connectivity index (χ1n) is 6.32. The summed E-state index contributed by atoms with van der Waals surface area (Å²) in [7, 11) is -0.0296. The maximum atomic E-state index is 11.7. The van der Waals surface area contributed by atoms with Gasteiger partial charge in [0.05, 0.1) is 29.4 Å². The lowest BCUT2D eigenvalue weighted by molar-refractivity contribution is -0.119. The normalized spacial score (nSPS) is 11.2. The number of nitrogens with one attached hydrogen (secondary N) is 1. The maximum Gasteiger partial charge on any atom is 0.239 e. The number of carbonyl (C=O) groups is 1. The summed E-state index contributed by atoms with van der Waals surface area (Å²) < 4.78 is 27.7. The second-order valence-electron chi connectivity index (χ2n) is 4.69. The van der Waals surface area contributed by atoms with Crippen LogP contribution in [-0.4, -0.2) is 54.4 Å². The molecule has 1 aromatic rings. The lowest BCUT2D eigenvalue weighted by Crippen LogP contribution is -2.36. The fourth-order valence-electron chi connectivity index (χ4n) is 1.76. The molecule has 0 atom stereocenters. The minimum absolute atomic E-state index is 0.117. The third-order valence-electron chi connectivity index (χ3n) is 2.85. The predicted molar refractivity (Wildman–Crippen MR) is 82.1 cm³/mol. The first kappa shape index (κ1) is 17.3. The molecule has 0 saturated carbocycles. The minimum atomic E-state index is -3.30. The molecule has 8 heteroatoms. The lowest BCUT2D eigenvalue weighted by atomic mass is 10.2. The zero-order chi connectivity index (χ0) is 16.0. The molecule has 3 N–H and O–H groups in total. The van der Waals surface area contributed by atoms with Gasteiger partial charge in [-0.2, -0.15) is 0 Å². The number of nitrogens with two attached hydrogens (primary N) is 1. The number of hydrogen-bond acceptors (Lipinski definition) is 6. The van der Waals surface area contributed by atoms with Gasteiger partial charge >= 0.3 is 0 Å². The van der Waals surface area contributed by atoms with Crippen molar-refractivity contribution in [1.82, 2.24) is 5.32 Å². The molecule has 0 aromatic heterocycles. The fraction of sp³-hybridized carbons (Fsp3) is 0.462. The van der Waals surface area contributed by atoms with Crippen molar-refractivity contribution in [3.8, 4) is 0 Å². The van der Waals surface area contributed by atoms with E-state index < -0.39 is 9.84 Å². The summed E-state index contributed by atoms with van der Waals surface area (Å²) in [5.74, 6) is -0.166. The molecular formula is C13H21N3O4S. The molecule has 7 nitrogen and oxygen atoms in total.